The summed E-state index contributed by atoms with van der Waals surface area (Å²) < 4.78 is 35.3. The van der Waals surface area contributed by atoms with Crippen LogP contribution in [0.3, 0.4) is 0 Å². The molecule has 0 fully saturated rings. The molecule has 0 saturated heterocycles. The van der Waals surface area contributed by atoms with Gasteiger partial charge in [-0.3, -0.25) is 0 Å². The molecule has 0 spiro atoms. The smallest absolute Gasteiger partial charge is 0.333 e. The molecule has 0 aliphatic carbocycles. The van der Waals surface area contributed by atoms with Gasteiger partial charge in [0.05, 0.1) is 13.2 Å². The highest BCUT2D eigenvalue weighted by atomic mass is 16.6. The molecule has 2 rings (SSSR count). The van der Waals surface area contributed by atoms with Gasteiger partial charge in [-0.15, -0.1) is 0 Å². The number of benzene rings is 2. The monoisotopic (exact) mass is 668 g/mol. The van der Waals surface area contributed by atoms with E-state index in [0.29, 0.717) is 47.7 Å². The molecule has 4 unspecified atom stereocenters. The highest BCUT2D eigenvalue weighted by Crippen LogP contribution is 2.26. The molecule has 0 aliphatic rings. The molecule has 0 saturated carbocycles. The van der Waals surface area contributed by atoms with Gasteiger partial charge in [-0.25, -0.2) is 9.59 Å². The van der Waals surface area contributed by atoms with Crippen molar-refractivity contribution >= 4 is 22.7 Å². The first kappa shape index (κ1) is 40.8. The van der Waals surface area contributed by atoms with E-state index in [-0.39, 0.29) is 26.4 Å². The number of esters is 2. The topological polar surface area (TPSA) is 89.5 Å². The summed E-state index contributed by atoms with van der Waals surface area (Å²) in [4.78, 5) is 24.6. The molecule has 0 N–H and O–H groups in total. The molecule has 8 nitrogen and oxygen atoms in total. The van der Waals surface area contributed by atoms with Gasteiger partial charge >= 0.3 is 11.9 Å². The first-order valence-corrected chi connectivity index (χ1v) is 17.8. The highest BCUT2D eigenvalue weighted by Gasteiger charge is 2.20. The lowest BCUT2D eigenvalue weighted by atomic mass is 10.0. The van der Waals surface area contributed by atoms with Crippen molar-refractivity contribution in [3.05, 3.63) is 60.7 Å². The summed E-state index contributed by atoms with van der Waals surface area (Å²) >= 11 is 0. The molecular formula is C40H60O8. The van der Waals surface area contributed by atoms with Crippen molar-refractivity contribution in [2.75, 3.05) is 39.6 Å². The van der Waals surface area contributed by atoms with Gasteiger partial charge in [0, 0.05) is 24.4 Å². The van der Waals surface area contributed by atoms with Gasteiger partial charge in [0.2, 0.25) is 0 Å². The van der Waals surface area contributed by atoms with Crippen LogP contribution in [0, 0.1) is 11.8 Å². The summed E-state index contributed by atoms with van der Waals surface area (Å²) in [6.45, 7) is 21.4. The summed E-state index contributed by atoms with van der Waals surface area (Å²) in [6.07, 6.45) is 7.88. The Labute approximate surface area is 289 Å². The third-order valence-corrected chi connectivity index (χ3v) is 8.30. The van der Waals surface area contributed by atoms with Gasteiger partial charge < -0.3 is 28.4 Å². The van der Waals surface area contributed by atoms with E-state index < -0.39 is 24.1 Å². The van der Waals surface area contributed by atoms with Gasteiger partial charge in [0.25, 0.3) is 0 Å². The minimum atomic E-state index is -0.565. The molecular weight excluding hydrogens is 608 g/mol. The number of fused-ring (bicyclic) bond motifs is 1. The van der Waals surface area contributed by atoms with E-state index >= 15 is 0 Å². The van der Waals surface area contributed by atoms with E-state index in [0.717, 1.165) is 49.3 Å². The molecule has 0 bridgehead atoms. The molecule has 8 heteroatoms. The zero-order chi connectivity index (χ0) is 35.3. The lowest BCUT2D eigenvalue weighted by Crippen LogP contribution is -2.31. The molecule has 0 aliphatic heterocycles. The fourth-order valence-corrected chi connectivity index (χ4v) is 5.02. The van der Waals surface area contributed by atoms with Crippen LogP contribution >= 0.6 is 0 Å². The molecule has 268 valence electrons. The SMILES string of the molecule is C=C(C)C(=O)OC(COCC(CC)CCCC)COc1ccc2cc(OCC(COCC(CC)CCCC)OC(=O)C(=C)C)ccc2c1. The molecule has 0 amide bonds. The number of hydrogen-bond acceptors (Lipinski definition) is 8. The average molecular weight is 669 g/mol. The maximum absolute atomic E-state index is 12.3. The predicted octanol–water partition coefficient (Wildman–Crippen LogP) is 9.04. The van der Waals surface area contributed by atoms with Crippen LogP contribution in [-0.4, -0.2) is 63.8 Å². The van der Waals surface area contributed by atoms with Crippen molar-refractivity contribution in [2.45, 2.75) is 105 Å². The highest BCUT2D eigenvalue weighted by molar-refractivity contribution is 5.87. The van der Waals surface area contributed by atoms with Crippen molar-refractivity contribution in [1.82, 2.24) is 0 Å². The van der Waals surface area contributed by atoms with Gasteiger partial charge in [0.1, 0.15) is 24.7 Å². The number of carbonyl (C=O) groups excluding carboxylic acids is 2. The third kappa shape index (κ3) is 15.7. The Morgan fingerprint density at radius 2 is 1.00 bits per heavy atom. The van der Waals surface area contributed by atoms with Crippen LogP contribution in [-0.2, 0) is 28.5 Å². The van der Waals surface area contributed by atoms with Crippen LogP contribution in [0.15, 0.2) is 60.7 Å². The van der Waals surface area contributed by atoms with Crippen molar-refractivity contribution in [3.63, 3.8) is 0 Å². The maximum atomic E-state index is 12.3. The Bertz CT molecular complexity index is 1170. The van der Waals surface area contributed by atoms with Gasteiger partial charge in [-0.1, -0.05) is 91.5 Å². The zero-order valence-electron chi connectivity index (χ0n) is 30.4. The van der Waals surface area contributed by atoms with Gasteiger partial charge in [-0.2, -0.15) is 0 Å². The zero-order valence-corrected chi connectivity index (χ0v) is 30.4. The van der Waals surface area contributed by atoms with Crippen LogP contribution in [0.2, 0.25) is 0 Å². The summed E-state index contributed by atoms with van der Waals surface area (Å²) in [5.74, 6) is 1.34. The second kappa shape index (κ2) is 23.1. The minimum absolute atomic E-state index is 0.154. The van der Waals surface area contributed by atoms with Gasteiger partial charge in [-0.05, 0) is 73.6 Å². The Hall–Kier alpha value is -3.36. The lowest BCUT2D eigenvalue weighted by molar-refractivity contribution is -0.150. The first-order chi connectivity index (χ1) is 23.1. The fourth-order valence-electron chi connectivity index (χ4n) is 5.02. The van der Waals surface area contributed by atoms with Crippen molar-refractivity contribution in [1.29, 1.82) is 0 Å². The number of rotatable bonds is 26. The first-order valence-electron chi connectivity index (χ1n) is 17.8. The van der Waals surface area contributed by atoms with E-state index in [9.17, 15) is 9.59 Å². The third-order valence-electron chi connectivity index (χ3n) is 8.30. The van der Waals surface area contributed by atoms with Crippen LogP contribution in [0.25, 0.3) is 10.8 Å². The Morgan fingerprint density at radius 3 is 1.33 bits per heavy atom. The van der Waals surface area contributed by atoms with Crippen LogP contribution in [0.5, 0.6) is 11.5 Å². The summed E-state index contributed by atoms with van der Waals surface area (Å²) in [7, 11) is 0. The second-order valence-corrected chi connectivity index (χ2v) is 12.8. The summed E-state index contributed by atoms with van der Waals surface area (Å²) in [5.41, 5.74) is 0.664. The Morgan fingerprint density at radius 1 is 0.604 bits per heavy atom. The summed E-state index contributed by atoms with van der Waals surface area (Å²) in [6, 6.07) is 11.5. The number of unbranched alkanes of at least 4 members (excludes halogenated alkanes) is 2. The largest absolute Gasteiger partial charge is 0.490 e. The molecule has 0 radical (unpaired) electrons. The van der Waals surface area contributed by atoms with E-state index in [1.54, 1.807) is 13.8 Å². The Balaban J connectivity index is 2.01. The second-order valence-electron chi connectivity index (χ2n) is 12.8. The van der Waals surface area contributed by atoms with E-state index in [1.165, 1.54) is 12.8 Å². The molecule has 4 atom stereocenters. The number of hydrogen-bond donors (Lipinski definition) is 0. The Kier molecular flexibility index (Phi) is 19.6. The molecule has 0 aromatic heterocycles. The number of ether oxygens (including phenoxy) is 6. The average Bonchev–Trinajstić information content (AvgIpc) is 3.08. The normalized spacial score (nSPS) is 13.7. The van der Waals surface area contributed by atoms with Crippen molar-refractivity contribution in [2.24, 2.45) is 11.8 Å². The minimum Gasteiger partial charge on any atom is -0.490 e. The molecule has 48 heavy (non-hydrogen) atoms. The lowest BCUT2D eigenvalue weighted by Gasteiger charge is -2.21. The van der Waals surface area contributed by atoms with Crippen LogP contribution < -0.4 is 9.47 Å². The van der Waals surface area contributed by atoms with Crippen LogP contribution in [0.4, 0.5) is 0 Å². The van der Waals surface area contributed by atoms with Crippen molar-refractivity contribution < 1.29 is 38.0 Å². The molecule has 2 aromatic rings. The quantitative estimate of drug-likeness (QED) is 0.0725. The molecule has 0 heterocycles. The van der Waals surface area contributed by atoms with Gasteiger partial charge in [0.15, 0.2) is 12.2 Å². The standard InChI is InChI=1S/C40H60O8/c1-9-13-15-31(11-3)23-43-25-37(47-39(41)29(5)6)27-45-35-19-17-34-22-36(20-18-33(34)21-35)46-28-38(48-40(42)30(7)8)26-44-24-32(12-4)16-14-10-2/h17-22,31-32,37-38H,5,7,9-16,23-28H2,1-4,6,8H3. The molecule has 2 aromatic carbocycles. The van der Waals surface area contributed by atoms with E-state index in [1.807, 2.05) is 36.4 Å². The predicted molar refractivity (Wildman–Crippen MR) is 193 cm³/mol. The van der Waals surface area contributed by atoms with E-state index in [4.69, 9.17) is 28.4 Å². The van der Waals surface area contributed by atoms with Crippen LogP contribution in [0.1, 0.15) is 92.9 Å². The number of carbonyl (C=O) groups is 2. The van der Waals surface area contributed by atoms with E-state index in [2.05, 4.69) is 40.9 Å². The summed E-state index contributed by atoms with van der Waals surface area (Å²) in [5, 5.41) is 1.92. The fraction of sp³-hybridized carbons (Fsp3) is 0.600. The van der Waals surface area contributed by atoms with Crippen molar-refractivity contribution in [3.8, 4) is 11.5 Å². The maximum Gasteiger partial charge on any atom is 0.333 e.